The maximum Gasteiger partial charge on any atom is 0.460 e. The van der Waals surface area contributed by atoms with Gasteiger partial charge in [0.05, 0.1) is 12.5 Å². The third kappa shape index (κ3) is 5.50. The zero-order valence-corrected chi connectivity index (χ0v) is 20.0. The van der Waals surface area contributed by atoms with Crippen molar-refractivity contribution < 1.29 is 66.9 Å². The third-order valence-corrected chi connectivity index (χ3v) is 5.95. The van der Waals surface area contributed by atoms with E-state index in [1.807, 2.05) is 0 Å². The number of alkyl halides is 13. The fourth-order valence-corrected chi connectivity index (χ4v) is 3.46. The van der Waals surface area contributed by atoms with Crippen LogP contribution in [0.4, 0.5) is 57.1 Å². The second-order valence-electron chi connectivity index (χ2n) is 8.77. The summed E-state index contributed by atoms with van der Waals surface area (Å²) >= 11 is 0. The summed E-state index contributed by atoms with van der Waals surface area (Å²) in [6, 6.07) is 9.29. The lowest BCUT2D eigenvalue weighted by Gasteiger charge is -2.42. The largest absolute Gasteiger partial charge is 0.491 e. The van der Waals surface area contributed by atoms with Crippen LogP contribution in [0.2, 0.25) is 0 Å². The molecule has 0 aliphatic carbocycles. The van der Waals surface area contributed by atoms with Crippen LogP contribution < -0.4 is 4.74 Å². The normalized spacial score (nSPS) is 16.5. The SMILES string of the molecule is CCC(C)Oc1cccc(C(O)(CC(F)(F)C(F)(F)C(F)(F)C(F)(F)C(F)(F)C(F)(F)F)c2ccccc2)c1. The first-order chi connectivity index (χ1) is 17.5. The molecule has 0 saturated carbocycles. The van der Waals surface area contributed by atoms with Crippen molar-refractivity contribution >= 4 is 0 Å². The Balaban J connectivity index is 2.68. The van der Waals surface area contributed by atoms with Gasteiger partial charge in [-0.3, -0.25) is 0 Å². The molecule has 0 spiro atoms. The molecule has 2 unspecified atom stereocenters. The van der Waals surface area contributed by atoms with Crippen LogP contribution in [0.5, 0.6) is 5.75 Å². The summed E-state index contributed by atoms with van der Waals surface area (Å²) in [5.41, 5.74) is -4.74. The number of benzene rings is 2. The van der Waals surface area contributed by atoms with Gasteiger partial charge in [-0.1, -0.05) is 49.4 Å². The molecule has 0 aliphatic rings. The van der Waals surface area contributed by atoms with Gasteiger partial charge < -0.3 is 9.84 Å². The van der Waals surface area contributed by atoms with Gasteiger partial charge in [-0.05, 0) is 36.6 Å². The first kappa shape index (κ1) is 32.5. The van der Waals surface area contributed by atoms with Gasteiger partial charge in [-0.15, -0.1) is 0 Å². The van der Waals surface area contributed by atoms with Gasteiger partial charge in [0.1, 0.15) is 11.4 Å². The minimum atomic E-state index is -8.03. The van der Waals surface area contributed by atoms with E-state index in [0.29, 0.717) is 6.42 Å². The minimum absolute atomic E-state index is 0.118. The van der Waals surface area contributed by atoms with Crippen molar-refractivity contribution in [2.24, 2.45) is 0 Å². The average Bonchev–Trinajstić information content (AvgIpc) is 2.83. The summed E-state index contributed by atoms with van der Waals surface area (Å²) in [4.78, 5) is 0. The molecule has 0 amide bonds. The predicted molar refractivity (Wildman–Crippen MR) is 112 cm³/mol. The molecule has 0 aromatic heterocycles. The Kier molecular flexibility index (Phi) is 8.63. The molecule has 2 nitrogen and oxygen atoms in total. The molecule has 39 heavy (non-hydrogen) atoms. The summed E-state index contributed by atoms with van der Waals surface area (Å²) in [5, 5.41) is 11.2. The second-order valence-corrected chi connectivity index (χ2v) is 8.77. The quantitative estimate of drug-likeness (QED) is 0.268. The number of aliphatic hydroxyl groups is 1. The number of rotatable bonds is 11. The van der Waals surface area contributed by atoms with E-state index in [0.717, 1.165) is 42.5 Å². The van der Waals surface area contributed by atoms with Crippen molar-refractivity contribution in [3.63, 3.8) is 0 Å². The highest BCUT2D eigenvalue weighted by atomic mass is 19.4. The highest BCUT2D eigenvalue weighted by molar-refractivity contribution is 5.40. The van der Waals surface area contributed by atoms with Gasteiger partial charge in [0, 0.05) is 0 Å². The molecule has 2 atom stereocenters. The van der Waals surface area contributed by atoms with Crippen molar-refractivity contribution in [2.75, 3.05) is 0 Å². The second kappa shape index (κ2) is 10.4. The predicted octanol–water partition coefficient (Wildman–Crippen LogP) is 8.23. The molecule has 2 aromatic rings. The van der Waals surface area contributed by atoms with Crippen LogP contribution in [0.15, 0.2) is 54.6 Å². The molecule has 0 bridgehead atoms. The number of hydrogen-bond donors (Lipinski definition) is 1. The standard InChI is InChI=1S/C24H21F13O2/c1-3-14(2)39-17-11-7-10-16(12-17)18(38,15-8-5-4-6-9-15)13-19(25,26)20(27,28)21(29,30)22(31,32)23(33,34)24(35,36)37/h4-12,14,38H,3,13H2,1-2H3. The highest BCUT2D eigenvalue weighted by Gasteiger charge is 2.90. The van der Waals surface area contributed by atoms with Crippen LogP contribution in [0.3, 0.4) is 0 Å². The molecule has 1 N–H and O–H groups in total. The molecule has 2 aromatic carbocycles. The number of hydrogen-bond acceptors (Lipinski definition) is 2. The summed E-state index contributed by atoms with van der Waals surface area (Å²) < 4.78 is 183. The third-order valence-electron chi connectivity index (χ3n) is 5.95. The van der Waals surface area contributed by atoms with Crippen molar-refractivity contribution in [1.82, 2.24) is 0 Å². The van der Waals surface area contributed by atoms with E-state index in [9.17, 15) is 62.2 Å². The summed E-state index contributed by atoms with van der Waals surface area (Å²) in [6.45, 7) is 3.26. The maximum atomic E-state index is 14.9. The molecule has 15 heteroatoms. The van der Waals surface area contributed by atoms with Crippen LogP contribution in [0, 0.1) is 0 Å². The van der Waals surface area contributed by atoms with Gasteiger partial charge in [0.15, 0.2) is 0 Å². The number of ether oxygens (including phenoxy) is 1. The Morgan fingerprint density at radius 3 is 1.64 bits per heavy atom. The Labute approximate surface area is 213 Å². The Morgan fingerprint density at radius 2 is 1.15 bits per heavy atom. The maximum absolute atomic E-state index is 14.9. The van der Waals surface area contributed by atoms with Crippen molar-refractivity contribution in [3.05, 3.63) is 65.7 Å². The lowest BCUT2D eigenvalue weighted by Crippen LogP contribution is -2.70. The van der Waals surface area contributed by atoms with E-state index in [1.165, 1.54) is 12.1 Å². The van der Waals surface area contributed by atoms with Gasteiger partial charge >= 0.3 is 35.8 Å². The smallest absolute Gasteiger partial charge is 0.460 e. The highest BCUT2D eigenvalue weighted by Crippen LogP contribution is 2.61. The Morgan fingerprint density at radius 1 is 0.667 bits per heavy atom. The van der Waals surface area contributed by atoms with E-state index in [4.69, 9.17) is 4.74 Å². The van der Waals surface area contributed by atoms with Gasteiger partial charge in [-0.25, -0.2) is 0 Å². The first-order valence-corrected chi connectivity index (χ1v) is 11.0. The summed E-state index contributed by atoms with van der Waals surface area (Å²) in [7, 11) is 0. The van der Waals surface area contributed by atoms with Crippen LogP contribution in [-0.4, -0.2) is 47.0 Å². The van der Waals surface area contributed by atoms with Crippen molar-refractivity contribution in [2.45, 2.75) is 74.2 Å². The Hall–Kier alpha value is -2.71. The lowest BCUT2D eigenvalue weighted by molar-refractivity contribution is -0.441. The number of halogens is 13. The zero-order chi connectivity index (χ0) is 30.3. The topological polar surface area (TPSA) is 29.5 Å². The molecule has 0 heterocycles. The van der Waals surface area contributed by atoms with E-state index in [2.05, 4.69) is 0 Å². The summed E-state index contributed by atoms with van der Waals surface area (Å²) in [5.74, 6) is -38.0. The van der Waals surface area contributed by atoms with Crippen LogP contribution in [0.25, 0.3) is 0 Å². The van der Waals surface area contributed by atoms with Crippen molar-refractivity contribution in [1.29, 1.82) is 0 Å². The fraction of sp³-hybridized carbons (Fsp3) is 0.500. The lowest BCUT2D eigenvalue weighted by atomic mass is 9.79. The first-order valence-electron chi connectivity index (χ1n) is 11.0. The minimum Gasteiger partial charge on any atom is -0.491 e. The van der Waals surface area contributed by atoms with Gasteiger partial charge in [-0.2, -0.15) is 57.1 Å². The van der Waals surface area contributed by atoms with Gasteiger partial charge in [0.25, 0.3) is 0 Å². The molecular formula is C24H21F13O2. The summed E-state index contributed by atoms with van der Waals surface area (Å²) in [6.07, 6.45) is -10.4. The van der Waals surface area contributed by atoms with E-state index in [-0.39, 0.29) is 5.75 Å². The van der Waals surface area contributed by atoms with Crippen LogP contribution in [0.1, 0.15) is 37.8 Å². The monoisotopic (exact) mass is 588 g/mol. The van der Waals surface area contributed by atoms with Crippen LogP contribution in [-0.2, 0) is 5.60 Å². The van der Waals surface area contributed by atoms with E-state index < -0.39 is 65.0 Å². The van der Waals surface area contributed by atoms with Gasteiger partial charge in [0.2, 0.25) is 0 Å². The molecule has 2 rings (SSSR count). The van der Waals surface area contributed by atoms with E-state index in [1.54, 1.807) is 13.8 Å². The molecule has 220 valence electrons. The molecule has 0 radical (unpaired) electrons. The molecule has 0 fully saturated rings. The molecule has 0 saturated heterocycles. The average molecular weight is 588 g/mol. The molecular weight excluding hydrogens is 567 g/mol. The fourth-order valence-electron chi connectivity index (χ4n) is 3.46. The van der Waals surface area contributed by atoms with Crippen LogP contribution >= 0.6 is 0 Å². The molecule has 0 aliphatic heterocycles. The zero-order valence-electron chi connectivity index (χ0n) is 20.0. The van der Waals surface area contributed by atoms with E-state index >= 15 is 0 Å². The Bertz CT molecular complexity index is 1120. The van der Waals surface area contributed by atoms with Crippen molar-refractivity contribution in [3.8, 4) is 5.75 Å².